The molecule has 9 nitrogen and oxygen atoms in total. The predicted octanol–water partition coefficient (Wildman–Crippen LogP) is 5.23. The quantitative estimate of drug-likeness (QED) is 0.330. The van der Waals surface area contributed by atoms with E-state index in [4.69, 9.17) is 4.74 Å². The van der Waals surface area contributed by atoms with Gasteiger partial charge in [-0.3, -0.25) is 9.59 Å². The Bertz CT molecular complexity index is 1380. The number of hydrogen-bond donors (Lipinski definition) is 3. The molecule has 1 spiro atoms. The fourth-order valence-electron chi connectivity index (χ4n) is 6.99. The number of aromatic nitrogens is 2. The topological polar surface area (TPSA) is 108 Å². The maximum absolute atomic E-state index is 15.2. The second-order valence-corrected chi connectivity index (χ2v) is 12.4. The van der Waals surface area contributed by atoms with Crippen LogP contribution in [0.2, 0.25) is 0 Å². The molecule has 3 atom stereocenters. The number of piperidine rings is 1. The summed E-state index contributed by atoms with van der Waals surface area (Å²) in [5, 5.41) is 8.72. The first-order valence-corrected chi connectivity index (χ1v) is 15.2. The van der Waals surface area contributed by atoms with Crippen molar-refractivity contribution in [3.63, 3.8) is 0 Å². The van der Waals surface area contributed by atoms with Gasteiger partial charge >= 0.3 is 6.18 Å². The standard InChI is InChI=1S/C31H40F4N6O3/c1-18(42)37-27-6-4-5-11-30(27)16-19(30)7-8-24-22(31(33,34)35)17-36-29(39-24)40-25-15-23(32)21(14-26(25)44-3)28(43)38-20-9-12-41(2)13-10-20/h14-15,17,19-20,27H,4-13,16H2,1-3H3,(H,37,42)(H,38,43)(H,36,39,40)/t19?,27-,30+/m1/s1. The summed E-state index contributed by atoms with van der Waals surface area (Å²) in [6.07, 6.45) is 2.92. The molecule has 1 unspecified atom stereocenters. The Morgan fingerprint density at radius 1 is 1.14 bits per heavy atom. The van der Waals surface area contributed by atoms with E-state index in [9.17, 15) is 22.8 Å². The van der Waals surface area contributed by atoms with Crippen molar-refractivity contribution >= 4 is 23.5 Å². The Morgan fingerprint density at radius 2 is 1.89 bits per heavy atom. The van der Waals surface area contributed by atoms with Gasteiger partial charge in [-0.05, 0) is 82.5 Å². The molecule has 1 aliphatic heterocycles. The number of ether oxygens (including phenoxy) is 1. The number of likely N-dealkylation sites (tertiary alicyclic amines) is 1. The van der Waals surface area contributed by atoms with E-state index in [0.29, 0.717) is 6.42 Å². The third-order valence-corrected chi connectivity index (χ3v) is 9.47. The highest BCUT2D eigenvalue weighted by molar-refractivity contribution is 5.96. The lowest BCUT2D eigenvalue weighted by molar-refractivity contribution is -0.138. The van der Waals surface area contributed by atoms with Gasteiger partial charge in [-0.15, -0.1) is 0 Å². The molecule has 44 heavy (non-hydrogen) atoms. The highest BCUT2D eigenvalue weighted by atomic mass is 19.4. The van der Waals surface area contributed by atoms with Gasteiger partial charge in [0.1, 0.15) is 11.6 Å². The zero-order chi connectivity index (χ0) is 31.6. The van der Waals surface area contributed by atoms with Crippen LogP contribution in [0, 0.1) is 17.2 Å². The highest BCUT2D eigenvalue weighted by Gasteiger charge is 2.58. The van der Waals surface area contributed by atoms with Crippen molar-refractivity contribution in [1.29, 1.82) is 0 Å². The molecule has 5 rings (SSSR count). The molecule has 2 aliphatic carbocycles. The van der Waals surface area contributed by atoms with Crippen LogP contribution in [0.25, 0.3) is 0 Å². The van der Waals surface area contributed by atoms with Crippen molar-refractivity contribution < 1.29 is 31.9 Å². The second kappa shape index (κ2) is 12.9. The number of benzene rings is 1. The van der Waals surface area contributed by atoms with Crippen LogP contribution in [-0.2, 0) is 17.4 Å². The van der Waals surface area contributed by atoms with E-state index in [1.54, 1.807) is 0 Å². The summed E-state index contributed by atoms with van der Waals surface area (Å²) in [6, 6.07) is 2.29. The first-order chi connectivity index (χ1) is 20.9. The van der Waals surface area contributed by atoms with Crippen LogP contribution < -0.4 is 20.7 Å². The molecule has 3 fully saturated rings. The lowest BCUT2D eigenvalue weighted by Gasteiger charge is -2.33. The second-order valence-electron chi connectivity index (χ2n) is 12.4. The predicted molar refractivity (Wildman–Crippen MR) is 156 cm³/mol. The van der Waals surface area contributed by atoms with Crippen LogP contribution in [0.15, 0.2) is 18.3 Å². The fourth-order valence-corrected chi connectivity index (χ4v) is 6.99. The summed E-state index contributed by atoms with van der Waals surface area (Å²) in [7, 11) is 3.35. The van der Waals surface area contributed by atoms with Gasteiger partial charge in [0.25, 0.3) is 5.91 Å². The number of amides is 2. The molecule has 240 valence electrons. The smallest absolute Gasteiger partial charge is 0.419 e. The van der Waals surface area contributed by atoms with Crippen LogP contribution in [0.4, 0.5) is 29.2 Å². The van der Waals surface area contributed by atoms with E-state index in [1.165, 1.54) is 20.1 Å². The molecule has 1 aromatic heterocycles. The molecule has 13 heteroatoms. The number of nitrogens with zero attached hydrogens (tertiary/aromatic N) is 3. The number of rotatable bonds is 9. The summed E-state index contributed by atoms with van der Waals surface area (Å²) in [4.78, 5) is 34.8. The van der Waals surface area contributed by atoms with Crippen LogP contribution in [0.5, 0.6) is 5.75 Å². The number of aryl methyl sites for hydroxylation is 1. The maximum Gasteiger partial charge on any atom is 0.419 e. The van der Waals surface area contributed by atoms with Crippen LogP contribution in [0.3, 0.4) is 0 Å². The molecule has 2 heterocycles. The first-order valence-electron chi connectivity index (χ1n) is 15.2. The highest BCUT2D eigenvalue weighted by Crippen LogP contribution is 2.63. The average molecular weight is 621 g/mol. The van der Waals surface area contributed by atoms with Gasteiger partial charge in [-0.25, -0.2) is 14.4 Å². The normalized spacial score (nSPS) is 24.2. The molecule has 2 aromatic rings. The molecule has 0 bridgehead atoms. The monoisotopic (exact) mass is 620 g/mol. The average Bonchev–Trinajstić information content (AvgIpc) is 3.66. The summed E-state index contributed by atoms with van der Waals surface area (Å²) in [6.45, 7) is 3.14. The van der Waals surface area contributed by atoms with E-state index < -0.39 is 23.5 Å². The van der Waals surface area contributed by atoms with Crippen molar-refractivity contribution in [1.82, 2.24) is 25.5 Å². The van der Waals surface area contributed by atoms with Gasteiger partial charge in [0, 0.05) is 31.3 Å². The van der Waals surface area contributed by atoms with Crippen molar-refractivity contribution in [3.05, 3.63) is 41.0 Å². The zero-order valence-electron chi connectivity index (χ0n) is 25.3. The van der Waals surface area contributed by atoms with Gasteiger partial charge in [-0.2, -0.15) is 13.2 Å². The molecule has 3 N–H and O–H groups in total. The van der Waals surface area contributed by atoms with Gasteiger partial charge in [0.2, 0.25) is 11.9 Å². The van der Waals surface area contributed by atoms with Gasteiger partial charge in [0.05, 0.1) is 29.6 Å². The Balaban J connectivity index is 1.31. The van der Waals surface area contributed by atoms with E-state index in [0.717, 1.165) is 70.3 Å². The lowest BCUT2D eigenvalue weighted by Crippen LogP contribution is -2.43. The zero-order valence-corrected chi connectivity index (χ0v) is 25.3. The Labute approximate surface area is 254 Å². The largest absolute Gasteiger partial charge is 0.495 e. The Kier molecular flexibility index (Phi) is 9.33. The van der Waals surface area contributed by atoms with Gasteiger partial charge in [0.15, 0.2) is 0 Å². The molecule has 0 radical (unpaired) electrons. The number of carbonyl (C=O) groups excluding carboxylic acids is 2. The van der Waals surface area contributed by atoms with Gasteiger partial charge in [-0.1, -0.05) is 12.8 Å². The Hall–Kier alpha value is -3.48. The first kappa shape index (κ1) is 31.9. The molecule has 2 amide bonds. The molecule has 3 aliphatic rings. The van der Waals surface area contributed by atoms with Crippen molar-refractivity contribution in [3.8, 4) is 5.75 Å². The summed E-state index contributed by atoms with van der Waals surface area (Å²) >= 11 is 0. The summed E-state index contributed by atoms with van der Waals surface area (Å²) in [5.41, 5.74) is -1.26. The van der Waals surface area contributed by atoms with Crippen molar-refractivity contribution in [2.75, 3.05) is 32.6 Å². The van der Waals surface area contributed by atoms with E-state index in [2.05, 4.69) is 30.8 Å². The number of hydrogen-bond acceptors (Lipinski definition) is 7. The number of carbonyl (C=O) groups is 2. The Morgan fingerprint density at radius 3 is 2.57 bits per heavy atom. The van der Waals surface area contributed by atoms with Crippen LogP contribution >= 0.6 is 0 Å². The van der Waals surface area contributed by atoms with Crippen LogP contribution in [-0.4, -0.2) is 66.0 Å². The molecule has 1 saturated heterocycles. The van der Waals surface area contributed by atoms with Gasteiger partial charge < -0.3 is 25.6 Å². The van der Waals surface area contributed by atoms with E-state index in [1.807, 2.05) is 7.05 Å². The SMILES string of the molecule is COc1cc(C(=O)NC2CCN(C)CC2)c(F)cc1Nc1ncc(C(F)(F)F)c(CCC2C[C@@]23CCCC[C@H]3NC(C)=O)n1. The number of anilines is 2. The molecular weight excluding hydrogens is 580 g/mol. The number of nitrogens with one attached hydrogen (secondary N) is 3. The number of halogens is 4. The fraction of sp³-hybridized carbons (Fsp3) is 0.613. The third-order valence-electron chi connectivity index (χ3n) is 9.47. The minimum atomic E-state index is -4.65. The maximum atomic E-state index is 15.2. The molecular formula is C31H40F4N6O3. The molecule has 2 saturated carbocycles. The van der Waals surface area contributed by atoms with Crippen LogP contribution in [0.1, 0.15) is 79.9 Å². The van der Waals surface area contributed by atoms with Crippen molar-refractivity contribution in [2.45, 2.75) is 83.0 Å². The molecule has 1 aromatic carbocycles. The summed E-state index contributed by atoms with van der Waals surface area (Å²) in [5.74, 6) is -1.31. The number of alkyl halides is 3. The minimum Gasteiger partial charge on any atom is -0.495 e. The van der Waals surface area contributed by atoms with Crippen molar-refractivity contribution in [2.24, 2.45) is 11.3 Å². The number of methoxy groups -OCH3 is 1. The van der Waals surface area contributed by atoms with E-state index in [-0.39, 0.29) is 64.4 Å². The lowest BCUT2D eigenvalue weighted by atomic mass is 9.79. The minimum absolute atomic E-state index is 0.0419. The van der Waals surface area contributed by atoms with E-state index >= 15 is 4.39 Å². The third kappa shape index (κ3) is 7.08. The summed E-state index contributed by atoms with van der Waals surface area (Å²) < 4.78 is 62.3.